The largest absolute Gasteiger partial charge is 0.484 e. The standard InChI is InChI=1S/C14H20FN3O4/c1-3-14(16,4-2)9-17-13(19)8-22-10-5-6-12(18(20)21)11(15)7-10/h5-7H,3-4,8-9,16H2,1-2H3,(H,17,19). The summed E-state index contributed by atoms with van der Waals surface area (Å²) in [6, 6.07) is 3.10. The lowest BCUT2D eigenvalue weighted by atomic mass is 9.94. The summed E-state index contributed by atoms with van der Waals surface area (Å²) in [4.78, 5) is 21.3. The van der Waals surface area contributed by atoms with Crippen molar-refractivity contribution in [3.8, 4) is 5.75 Å². The minimum absolute atomic E-state index is 0.0447. The molecule has 1 rings (SSSR count). The molecule has 0 heterocycles. The van der Waals surface area contributed by atoms with E-state index >= 15 is 0 Å². The lowest BCUT2D eigenvalue weighted by molar-refractivity contribution is -0.387. The summed E-state index contributed by atoms with van der Waals surface area (Å²) >= 11 is 0. The fourth-order valence-corrected chi connectivity index (χ4v) is 1.70. The average molecular weight is 313 g/mol. The molecule has 0 radical (unpaired) electrons. The van der Waals surface area contributed by atoms with Gasteiger partial charge < -0.3 is 15.8 Å². The van der Waals surface area contributed by atoms with Gasteiger partial charge in [-0.2, -0.15) is 4.39 Å². The zero-order chi connectivity index (χ0) is 16.8. The summed E-state index contributed by atoms with van der Waals surface area (Å²) in [5.74, 6) is -1.36. The summed E-state index contributed by atoms with van der Waals surface area (Å²) in [7, 11) is 0. The highest BCUT2D eigenvalue weighted by Crippen LogP contribution is 2.22. The van der Waals surface area contributed by atoms with Crippen LogP contribution in [0.15, 0.2) is 18.2 Å². The van der Waals surface area contributed by atoms with E-state index < -0.39 is 27.9 Å². The van der Waals surface area contributed by atoms with Crippen molar-refractivity contribution in [3.05, 3.63) is 34.1 Å². The number of ether oxygens (including phenoxy) is 1. The van der Waals surface area contributed by atoms with E-state index in [0.717, 1.165) is 25.0 Å². The number of nitrogens with one attached hydrogen (secondary N) is 1. The van der Waals surface area contributed by atoms with Gasteiger partial charge in [-0.15, -0.1) is 0 Å². The molecule has 0 saturated carbocycles. The Morgan fingerprint density at radius 2 is 2.09 bits per heavy atom. The van der Waals surface area contributed by atoms with Crippen LogP contribution in [0.25, 0.3) is 0 Å². The maximum atomic E-state index is 13.4. The Morgan fingerprint density at radius 3 is 2.59 bits per heavy atom. The number of hydrogen-bond donors (Lipinski definition) is 2. The average Bonchev–Trinajstić information content (AvgIpc) is 2.50. The van der Waals surface area contributed by atoms with Crippen LogP contribution in [0.1, 0.15) is 26.7 Å². The molecule has 3 N–H and O–H groups in total. The van der Waals surface area contributed by atoms with Crippen molar-refractivity contribution in [2.24, 2.45) is 5.73 Å². The van der Waals surface area contributed by atoms with Crippen molar-refractivity contribution < 1.29 is 18.8 Å². The van der Waals surface area contributed by atoms with E-state index in [1.54, 1.807) is 0 Å². The van der Waals surface area contributed by atoms with Crippen molar-refractivity contribution in [1.82, 2.24) is 5.32 Å². The fraction of sp³-hybridized carbons (Fsp3) is 0.500. The monoisotopic (exact) mass is 313 g/mol. The van der Waals surface area contributed by atoms with E-state index in [9.17, 15) is 19.3 Å². The van der Waals surface area contributed by atoms with Crippen LogP contribution in [0, 0.1) is 15.9 Å². The van der Waals surface area contributed by atoms with Crippen LogP contribution in [-0.4, -0.2) is 29.5 Å². The Balaban J connectivity index is 2.51. The predicted molar refractivity (Wildman–Crippen MR) is 79.1 cm³/mol. The van der Waals surface area contributed by atoms with Gasteiger partial charge in [0.1, 0.15) is 5.75 Å². The first kappa shape index (κ1) is 17.8. The smallest absolute Gasteiger partial charge is 0.305 e. The molecule has 0 spiro atoms. The second kappa shape index (κ2) is 7.69. The molecule has 0 aliphatic carbocycles. The quantitative estimate of drug-likeness (QED) is 0.561. The number of halogens is 1. The fourth-order valence-electron chi connectivity index (χ4n) is 1.70. The number of amides is 1. The summed E-state index contributed by atoms with van der Waals surface area (Å²) in [6.45, 7) is 3.87. The van der Waals surface area contributed by atoms with E-state index in [1.165, 1.54) is 6.07 Å². The van der Waals surface area contributed by atoms with Crippen molar-refractivity contribution >= 4 is 11.6 Å². The lowest BCUT2D eigenvalue weighted by Gasteiger charge is -2.26. The second-order valence-corrected chi connectivity index (χ2v) is 5.01. The second-order valence-electron chi connectivity index (χ2n) is 5.01. The molecule has 0 unspecified atom stereocenters. The lowest BCUT2D eigenvalue weighted by Crippen LogP contribution is -2.50. The predicted octanol–water partition coefficient (Wildman–Crippen LogP) is 1.75. The molecule has 0 aromatic heterocycles. The summed E-state index contributed by atoms with van der Waals surface area (Å²) in [6.07, 6.45) is 1.44. The number of nitrogens with zero attached hydrogens (tertiary/aromatic N) is 1. The first-order chi connectivity index (χ1) is 10.3. The van der Waals surface area contributed by atoms with Gasteiger partial charge in [-0.05, 0) is 18.9 Å². The molecule has 0 fully saturated rings. The van der Waals surface area contributed by atoms with Gasteiger partial charge in [0.25, 0.3) is 5.91 Å². The maximum Gasteiger partial charge on any atom is 0.305 e. The number of hydrogen-bond acceptors (Lipinski definition) is 5. The third-order valence-corrected chi connectivity index (χ3v) is 3.53. The van der Waals surface area contributed by atoms with Crippen molar-refractivity contribution in [2.75, 3.05) is 13.2 Å². The van der Waals surface area contributed by atoms with Gasteiger partial charge >= 0.3 is 5.69 Å². The SMILES string of the molecule is CCC(N)(CC)CNC(=O)COc1ccc([N+](=O)[O-])c(F)c1. The van der Waals surface area contributed by atoms with E-state index in [1.807, 2.05) is 13.8 Å². The van der Waals surface area contributed by atoms with Crippen LogP contribution in [0.2, 0.25) is 0 Å². The van der Waals surface area contributed by atoms with Crippen LogP contribution in [0.5, 0.6) is 5.75 Å². The molecule has 0 aliphatic rings. The van der Waals surface area contributed by atoms with Crippen LogP contribution < -0.4 is 15.8 Å². The molecule has 7 nitrogen and oxygen atoms in total. The van der Waals surface area contributed by atoms with E-state index in [0.29, 0.717) is 6.54 Å². The molecule has 0 atom stereocenters. The van der Waals surface area contributed by atoms with E-state index in [-0.39, 0.29) is 12.4 Å². The van der Waals surface area contributed by atoms with Gasteiger partial charge in [-0.1, -0.05) is 13.8 Å². The molecule has 1 aromatic rings. The summed E-state index contributed by atoms with van der Waals surface area (Å²) in [5, 5.41) is 13.1. The first-order valence-corrected chi connectivity index (χ1v) is 6.93. The van der Waals surface area contributed by atoms with Crippen LogP contribution >= 0.6 is 0 Å². The molecule has 0 bridgehead atoms. The highest BCUT2D eigenvalue weighted by Gasteiger charge is 2.21. The highest BCUT2D eigenvalue weighted by molar-refractivity contribution is 5.77. The number of nitrogens with two attached hydrogens (primary N) is 1. The van der Waals surface area contributed by atoms with E-state index in [4.69, 9.17) is 10.5 Å². The molecule has 22 heavy (non-hydrogen) atoms. The Bertz CT molecular complexity index is 547. The molecule has 8 heteroatoms. The van der Waals surface area contributed by atoms with Gasteiger partial charge in [0.2, 0.25) is 5.82 Å². The van der Waals surface area contributed by atoms with Crippen molar-refractivity contribution in [2.45, 2.75) is 32.2 Å². The summed E-state index contributed by atoms with van der Waals surface area (Å²) in [5.41, 5.74) is 4.94. The van der Waals surface area contributed by atoms with Gasteiger partial charge in [0, 0.05) is 24.2 Å². The molecule has 1 amide bonds. The Hall–Kier alpha value is -2.22. The number of nitro groups is 1. The molecule has 1 aromatic carbocycles. The van der Waals surface area contributed by atoms with Gasteiger partial charge in [0.05, 0.1) is 4.92 Å². The minimum Gasteiger partial charge on any atom is -0.484 e. The number of nitro benzene ring substituents is 1. The number of carbonyl (C=O) groups excluding carboxylic acids is 1. The highest BCUT2D eigenvalue weighted by atomic mass is 19.1. The normalized spacial score (nSPS) is 11.1. The molecular formula is C14H20FN3O4. The number of benzene rings is 1. The Morgan fingerprint density at radius 1 is 1.45 bits per heavy atom. The third kappa shape index (κ3) is 4.96. The first-order valence-electron chi connectivity index (χ1n) is 6.93. The van der Waals surface area contributed by atoms with Crippen LogP contribution in [0.3, 0.4) is 0 Å². The third-order valence-electron chi connectivity index (χ3n) is 3.53. The topological polar surface area (TPSA) is 107 Å². The van der Waals surface area contributed by atoms with Crippen LogP contribution in [0.4, 0.5) is 10.1 Å². The van der Waals surface area contributed by atoms with Gasteiger partial charge in [-0.3, -0.25) is 14.9 Å². The minimum atomic E-state index is -1.01. The number of carbonyl (C=O) groups is 1. The van der Waals surface area contributed by atoms with Gasteiger partial charge in [-0.25, -0.2) is 0 Å². The summed E-state index contributed by atoms with van der Waals surface area (Å²) < 4.78 is 18.5. The number of rotatable bonds is 8. The van der Waals surface area contributed by atoms with Crippen molar-refractivity contribution in [1.29, 1.82) is 0 Å². The van der Waals surface area contributed by atoms with Crippen molar-refractivity contribution in [3.63, 3.8) is 0 Å². The molecular weight excluding hydrogens is 293 g/mol. The van der Waals surface area contributed by atoms with Gasteiger partial charge in [0.15, 0.2) is 6.61 Å². The Labute approximate surface area is 127 Å². The zero-order valence-electron chi connectivity index (χ0n) is 12.6. The zero-order valence-corrected chi connectivity index (χ0v) is 12.6. The van der Waals surface area contributed by atoms with Crippen LogP contribution in [-0.2, 0) is 4.79 Å². The maximum absolute atomic E-state index is 13.4. The molecule has 0 saturated heterocycles. The Kier molecular flexibility index (Phi) is 6.24. The van der Waals surface area contributed by atoms with E-state index in [2.05, 4.69) is 5.32 Å². The molecule has 0 aliphatic heterocycles. The molecule has 122 valence electrons.